The van der Waals surface area contributed by atoms with Crippen molar-refractivity contribution in [1.82, 2.24) is 0 Å². The van der Waals surface area contributed by atoms with E-state index in [2.05, 4.69) is 33.8 Å². The molecule has 412 valence electrons. The summed E-state index contributed by atoms with van der Waals surface area (Å²) >= 11 is 0. The number of fused-ring (bicyclic) bond motifs is 7. The molecule has 4 aliphatic carbocycles. The van der Waals surface area contributed by atoms with Crippen LogP contribution in [0.4, 0.5) is 0 Å². The number of allylic oxidation sites excluding steroid dienone is 1. The van der Waals surface area contributed by atoms with E-state index in [1.54, 1.807) is 0 Å². The van der Waals surface area contributed by atoms with Crippen molar-refractivity contribution in [2.45, 2.75) is 247 Å². The predicted octanol–water partition coefficient (Wildman–Crippen LogP) is -0.936. The van der Waals surface area contributed by atoms with E-state index in [9.17, 15) is 56.2 Å². The molecule has 6 saturated heterocycles. The van der Waals surface area contributed by atoms with Gasteiger partial charge in [-0.1, -0.05) is 39.3 Å². The Labute approximate surface area is 420 Å². The molecule has 9 fully saturated rings. The number of rotatable bonds is 9. The fourth-order valence-electron chi connectivity index (χ4n) is 15.5. The van der Waals surface area contributed by atoms with Gasteiger partial charge in [0.2, 0.25) is 0 Å². The van der Waals surface area contributed by atoms with E-state index in [1.165, 1.54) is 20.8 Å². The van der Waals surface area contributed by atoms with Gasteiger partial charge in [0, 0.05) is 24.2 Å². The van der Waals surface area contributed by atoms with Crippen molar-refractivity contribution in [2.75, 3.05) is 13.2 Å². The van der Waals surface area contributed by atoms with Gasteiger partial charge in [-0.2, -0.15) is 0 Å². The van der Waals surface area contributed by atoms with Gasteiger partial charge in [0.05, 0.1) is 49.8 Å². The van der Waals surface area contributed by atoms with Crippen LogP contribution in [0.3, 0.4) is 0 Å². The summed E-state index contributed by atoms with van der Waals surface area (Å²) in [5.74, 6) is 1.70. The first-order chi connectivity index (χ1) is 34.0. The number of aliphatic hydroxyl groups excluding tert-OH is 11. The van der Waals surface area contributed by atoms with Crippen LogP contribution in [0.5, 0.6) is 0 Å². The van der Waals surface area contributed by atoms with Gasteiger partial charge in [-0.25, -0.2) is 0 Å². The van der Waals surface area contributed by atoms with E-state index in [0.717, 1.165) is 50.7 Å². The molecule has 0 aromatic heterocycles. The zero-order valence-corrected chi connectivity index (χ0v) is 42.4. The average Bonchev–Trinajstić information content (AvgIpc) is 3.80. The van der Waals surface area contributed by atoms with E-state index < -0.39 is 153 Å². The van der Waals surface area contributed by atoms with Gasteiger partial charge in [-0.3, -0.25) is 0 Å². The molecule has 0 unspecified atom stereocenters. The topological polar surface area (TPSA) is 315 Å². The van der Waals surface area contributed by atoms with Crippen LogP contribution in [0.15, 0.2) is 11.6 Å². The number of aliphatic hydroxyl groups is 11. The molecule has 11 N–H and O–H groups in total. The predicted molar refractivity (Wildman–Crippen MR) is 245 cm³/mol. The van der Waals surface area contributed by atoms with Gasteiger partial charge >= 0.3 is 0 Å². The second-order valence-corrected chi connectivity index (χ2v) is 23.9. The lowest BCUT2D eigenvalue weighted by Crippen LogP contribution is -2.67. The minimum atomic E-state index is -1.88. The van der Waals surface area contributed by atoms with Crippen LogP contribution in [0, 0.1) is 46.3 Å². The van der Waals surface area contributed by atoms with Crippen molar-refractivity contribution in [3.63, 3.8) is 0 Å². The lowest BCUT2D eigenvalue weighted by molar-refractivity contribution is -0.394. The maximum atomic E-state index is 12.4. The molecule has 0 aromatic rings. The summed E-state index contributed by atoms with van der Waals surface area (Å²) in [6, 6.07) is 0. The highest BCUT2D eigenvalue weighted by Crippen LogP contribution is 2.71. The Balaban J connectivity index is 0.848. The third-order valence-electron chi connectivity index (χ3n) is 19.8. The van der Waals surface area contributed by atoms with Crippen LogP contribution >= 0.6 is 0 Å². The molecule has 0 aromatic carbocycles. The van der Waals surface area contributed by atoms with Crippen LogP contribution in [-0.2, 0) is 47.4 Å². The molecule has 0 bridgehead atoms. The van der Waals surface area contributed by atoms with Gasteiger partial charge in [0.1, 0.15) is 79.4 Å². The highest BCUT2D eigenvalue weighted by molar-refractivity contribution is 5.28. The second kappa shape index (κ2) is 20.3. The molecular weight excluding hydrogens is 949 g/mol. The minimum Gasteiger partial charge on any atom is -0.394 e. The molecule has 72 heavy (non-hydrogen) atoms. The fraction of sp³-hybridized carbons (Fsp3) is 0.961. The molecule has 3 saturated carbocycles. The van der Waals surface area contributed by atoms with Gasteiger partial charge in [0.25, 0.3) is 0 Å². The monoisotopic (exact) mass is 1030 g/mol. The van der Waals surface area contributed by atoms with Crippen molar-refractivity contribution in [3.8, 4) is 0 Å². The number of hydrogen-bond acceptors (Lipinski definition) is 21. The van der Waals surface area contributed by atoms with Crippen LogP contribution < -0.4 is 0 Å². The summed E-state index contributed by atoms with van der Waals surface area (Å²) in [6.07, 6.45) is -23.1. The van der Waals surface area contributed by atoms with Crippen molar-refractivity contribution in [2.24, 2.45) is 46.3 Å². The lowest BCUT2D eigenvalue weighted by Gasteiger charge is -2.60. The van der Waals surface area contributed by atoms with E-state index in [4.69, 9.17) is 47.4 Å². The standard InChI is InChI=1S/C51H82O21/c1-19-10-13-51(63-18-19)20(2)32-29(72-51)16-28-26-9-8-24-14-25(15-31(53)50(24,7)27(26)11-12-49(28,32)6)67-48-44(71-46-39(60)36(57)34(55)22(4)65-46)41(62)43(30(17-52)68-48)70-47-40(61)37(58)42(23(5)66-47)69-45-38(59)35(56)33(54)21(3)64-45/h8,19-23,25-48,52-62H,9-18H2,1-7H3/t19-,20+,21+,22+,23+,25-,26-,27+,28+,29+,30-,31-,32+,33+,34+,35-,36-,37+,38-,39-,40-,41+,42+,43-,44-,45+,46+,47+,48-,49+,50+,51-/m1/s1. The smallest absolute Gasteiger partial charge is 0.187 e. The lowest BCUT2D eigenvalue weighted by atomic mass is 9.46. The summed E-state index contributed by atoms with van der Waals surface area (Å²) in [4.78, 5) is 0. The molecular formula is C51H82O21. The molecule has 21 heteroatoms. The zero-order valence-electron chi connectivity index (χ0n) is 42.4. The van der Waals surface area contributed by atoms with Gasteiger partial charge < -0.3 is 104 Å². The summed E-state index contributed by atoms with van der Waals surface area (Å²) < 4.78 is 61.9. The minimum absolute atomic E-state index is 0.0788. The Morgan fingerprint density at radius 2 is 1.19 bits per heavy atom. The Morgan fingerprint density at radius 3 is 1.81 bits per heavy atom. The largest absolute Gasteiger partial charge is 0.394 e. The molecule has 32 atom stereocenters. The summed E-state index contributed by atoms with van der Waals surface area (Å²) in [7, 11) is 0. The maximum Gasteiger partial charge on any atom is 0.187 e. The average molecular weight is 1030 g/mol. The Hall–Kier alpha value is -1.10. The van der Waals surface area contributed by atoms with Crippen molar-refractivity contribution in [1.29, 1.82) is 0 Å². The van der Waals surface area contributed by atoms with E-state index in [1.807, 2.05) is 0 Å². The van der Waals surface area contributed by atoms with E-state index in [0.29, 0.717) is 30.1 Å². The van der Waals surface area contributed by atoms with Crippen molar-refractivity contribution >= 4 is 0 Å². The molecule has 21 nitrogen and oxygen atoms in total. The van der Waals surface area contributed by atoms with Crippen LogP contribution in [0.2, 0.25) is 0 Å². The fourth-order valence-corrected chi connectivity index (χ4v) is 15.5. The molecule has 10 rings (SSSR count). The van der Waals surface area contributed by atoms with Crippen LogP contribution in [0.25, 0.3) is 0 Å². The third-order valence-corrected chi connectivity index (χ3v) is 19.8. The SMILES string of the molecule is C[C@@H]1CC[C@@]2(OC1)O[C@H]1C[C@H]3[C@@H]4CC=C5C[C@@H](O[C@@H]6O[C@H](CO)[C@@H](O[C@@H]7O[C@@H](C)[C@H](O[C@@H]8O[C@@H](C)[C@H](O)[C@@H](O)[C@H]8O)[C@@H](O)[C@H]7O)[C@H](O)[C@H]6O[C@@H]6O[C@@H](C)[C@H](O)[C@@H](O)[C@H]6O)C[C@@H](O)[C@]5(C)[C@H]4CC[C@]3(C)[C@H]1[C@@H]2C. The summed E-state index contributed by atoms with van der Waals surface area (Å²) in [5, 5.41) is 121. The third kappa shape index (κ3) is 8.90. The molecule has 10 aliphatic rings. The quantitative estimate of drug-likeness (QED) is 0.124. The number of ether oxygens (including phenoxy) is 10. The normalized spacial score (nSPS) is 58.8. The first-order valence-electron chi connectivity index (χ1n) is 26.7. The first kappa shape index (κ1) is 54.3. The summed E-state index contributed by atoms with van der Waals surface area (Å²) in [5.41, 5.74) is 0.605. The van der Waals surface area contributed by atoms with Crippen LogP contribution in [0.1, 0.15) is 99.8 Å². The Bertz CT molecular complexity index is 1920. The molecule has 6 heterocycles. The highest BCUT2D eigenvalue weighted by Gasteiger charge is 2.69. The van der Waals surface area contributed by atoms with Gasteiger partial charge in [-0.05, 0) is 94.3 Å². The zero-order chi connectivity index (χ0) is 51.7. The van der Waals surface area contributed by atoms with Gasteiger partial charge in [0.15, 0.2) is 30.9 Å². The Kier molecular flexibility index (Phi) is 15.3. The molecule has 1 spiro atoms. The van der Waals surface area contributed by atoms with Gasteiger partial charge in [-0.15, -0.1) is 0 Å². The molecule has 0 amide bonds. The van der Waals surface area contributed by atoms with E-state index >= 15 is 0 Å². The maximum absolute atomic E-state index is 12.4. The second-order valence-electron chi connectivity index (χ2n) is 23.9. The number of hydrogen-bond donors (Lipinski definition) is 11. The Morgan fingerprint density at radius 1 is 0.597 bits per heavy atom. The van der Waals surface area contributed by atoms with E-state index in [-0.39, 0.29) is 29.8 Å². The molecule has 6 aliphatic heterocycles. The summed E-state index contributed by atoms with van der Waals surface area (Å²) in [6.45, 7) is 13.6. The molecule has 0 radical (unpaired) electrons. The highest BCUT2D eigenvalue weighted by atomic mass is 16.8. The first-order valence-corrected chi connectivity index (χ1v) is 26.7. The van der Waals surface area contributed by atoms with Crippen LogP contribution in [-0.4, -0.2) is 216 Å². The van der Waals surface area contributed by atoms with Crippen molar-refractivity contribution < 1.29 is 104 Å². The van der Waals surface area contributed by atoms with Crippen molar-refractivity contribution in [3.05, 3.63) is 11.6 Å².